The molecule has 116 valence electrons. The highest BCUT2D eigenvalue weighted by Gasteiger charge is 2.59. The Kier molecular flexibility index (Phi) is 3.49. The van der Waals surface area contributed by atoms with Crippen LogP contribution >= 0.6 is 0 Å². The molecule has 1 N–H and O–H groups in total. The van der Waals surface area contributed by atoms with E-state index in [4.69, 9.17) is 0 Å². The van der Waals surface area contributed by atoms with Crippen molar-refractivity contribution < 1.29 is 0 Å². The van der Waals surface area contributed by atoms with Gasteiger partial charge in [-0.15, -0.1) is 0 Å². The summed E-state index contributed by atoms with van der Waals surface area (Å²) >= 11 is 0. The van der Waals surface area contributed by atoms with E-state index in [9.17, 15) is 0 Å². The van der Waals surface area contributed by atoms with Gasteiger partial charge >= 0.3 is 0 Å². The molecule has 0 radical (unpaired) electrons. The number of nitrogens with zero attached hydrogens (tertiary/aromatic N) is 1. The van der Waals surface area contributed by atoms with E-state index in [1.165, 1.54) is 45.1 Å². The normalized spacial score (nSPS) is 48.0. The summed E-state index contributed by atoms with van der Waals surface area (Å²) in [5, 5.41) is 3.86. The predicted octanol–water partition coefficient (Wildman–Crippen LogP) is 3.52. The quantitative estimate of drug-likeness (QED) is 0.828. The molecule has 4 aliphatic carbocycles. The van der Waals surface area contributed by atoms with E-state index < -0.39 is 0 Å². The molecular weight excluding hydrogens is 244 g/mol. The second-order valence-electron chi connectivity index (χ2n) is 9.67. The summed E-state index contributed by atoms with van der Waals surface area (Å²) in [6, 6.07) is 0.610. The first kappa shape index (κ1) is 14.8. The van der Waals surface area contributed by atoms with Crippen LogP contribution < -0.4 is 5.32 Å². The number of likely N-dealkylation sites (N-methyl/N-ethyl adjacent to an activating group) is 1. The van der Waals surface area contributed by atoms with Crippen molar-refractivity contribution in [2.24, 2.45) is 22.2 Å². The van der Waals surface area contributed by atoms with Crippen molar-refractivity contribution in [3.05, 3.63) is 0 Å². The van der Waals surface area contributed by atoms with E-state index in [-0.39, 0.29) is 0 Å². The highest BCUT2D eigenvalue weighted by atomic mass is 15.1. The van der Waals surface area contributed by atoms with Crippen molar-refractivity contribution in [2.45, 2.75) is 65.3 Å². The molecule has 4 saturated carbocycles. The minimum absolute atomic E-state index is 0.610. The Labute approximate surface area is 125 Å². The maximum absolute atomic E-state index is 3.86. The molecule has 3 atom stereocenters. The third kappa shape index (κ3) is 2.78. The van der Waals surface area contributed by atoms with Crippen molar-refractivity contribution in [3.8, 4) is 0 Å². The van der Waals surface area contributed by atoms with Gasteiger partial charge in [0.15, 0.2) is 0 Å². The van der Waals surface area contributed by atoms with Crippen LogP contribution in [0.3, 0.4) is 0 Å². The van der Waals surface area contributed by atoms with Crippen LogP contribution in [0.5, 0.6) is 0 Å². The second-order valence-corrected chi connectivity index (χ2v) is 9.67. The lowest BCUT2D eigenvalue weighted by molar-refractivity contribution is -0.143. The lowest BCUT2D eigenvalue weighted by atomic mass is 9.40. The zero-order chi connectivity index (χ0) is 14.6. The molecule has 0 amide bonds. The molecule has 0 heterocycles. The van der Waals surface area contributed by atoms with Crippen LogP contribution in [-0.2, 0) is 0 Å². The van der Waals surface area contributed by atoms with E-state index in [1.807, 2.05) is 0 Å². The Morgan fingerprint density at radius 2 is 1.65 bits per heavy atom. The van der Waals surface area contributed by atoms with Crippen LogP contribution in [0.4, 0.5) is 0 Å². The summed E-state index contributed by atoms with van der Waals surface area (Å²) in [5.41, 5.74) is 1.92. The zero-order valence-corrected chi connectivity index (χ0v) is 14.3. The average molecular weight is 278 g/mol. The first-order chi connectivity index (χ1) is 9.22. The summed E-state index contributed by atoms with van der Waals surface area (Å²) in [4.78, 5) is 2.29. The van der Waals surface area contributed by atoms with Gasteiger partial charge in [-0.3, -0.25) is 0 Å². The van der Waals surface area contributed by atoms with Gasteiger partial charge in [-0.2, -0.15) is 0 Å². The lowest BCUT2D eigenvalue weighted by Crippen LogP contribution is -2.58. The summed E-state index contributed by atoms with van der Waals surface area (Å²) in [7, 11) is 4.34. The molecule has 0 aromatic rings. The van der Waals surface area contributed by atoms with E-state index in [0.717, 1.165) is 12.5 Å². The van der Waals surface area contributed by atoms with Gasteiger partial charge in [-0.05, 0) is 81.7 Å². The van der Waals surface area contributed by atoms with E-state index >= 15 is 0 Å². The second kappa shape index (κ2) is 4.71. The minimum atomic E-state index is 0.610. The maximum atomic E-state index is 3.86. The molecule has 4 bridgehead atoms. The fourth-order valence-electron chi connectivity index (χ4n) is 6.88. The number of hydrogen-bond acceptors (Lipinski definition) is 2. The minimum Gasteiger partial charge on any atom is -0.312 e. The molecular formula is C18H34N2. The van der Waals surface area contributed by atoms with E-state index in [2.05, 4.69) is 45.1 Å². The monoisotopic (exact) mass is 278 g/mol. The molecule has 0 aromatic heterocycles. The molecule has 0 spiro atoms. The molecule has 0 saturated heterocycles. The van der Waals surface area contributed by atoms with Gasteiger partial charge in [0.2, 0.25) is 0 Å². The van der Waals surface area contributed by atoms with Gasteiger partial charge in [0, 0.05) is 19.1 Å². The molecule has 20 heavy (non-hydrogen) atoms. The highest BCUT2D eigenvalue weighted by Crippen LogP contribution is 2.69. The van der Waals surface area contributed by atoms with Gasteiger partial charge in [-0.1, -0.05) is 13.8 Å². The largest absolute Gasteiger partial charge is 0.312 e. The Hall–Kier alpha value is -0.0800. The highest BCUT2D eigenvalue weighted by molar-refractivity contribution is 5.11. The topological polar surface area (TPSA) is 15.3 Å². The van der Waals surface area contributed by atoms with Crippen molar-refractivity contribution in [2.75, 3.05) is 27.2 Å². The fraction of sp³-hybridized carbons (Fsp3) is 1.00. The van der Waals surface area contributed by atoms with Crippen LogP contribution in [0.2, 0.25) is 0 Å². The Balaban J connectivity index is 1.67. The zero-order valence-electron chi connectivity index (χ0n) is 14.3. The summed E-state index contributed by atoms with van der Waals surface area (Å²) < 4.78 is 0. The third-order valence-corrected chi connectivity index (χ3v) is 6.21. The molecule has 2 heteroatoms. The number of hydrogen-bond donors (Lipinski definition) is 1. The first-order valence-electron chi connectivity index (χ1n) is 8.60. The summed E-state index contributed by atoms with van der Waals surface area (Å²) in [5.74, 6) is 1.02. The molecule has 3 unspecified atom stereocenters. The Bertz CT molecular complexity index is 358. The molecule has 4 rings (SSSR count). The van der Waals surface area contributed by atoms with Gasteiger partial charge < -0.3 is 10.2 Å². The Morgan fingerprint density at radius 3 is 2.15 bits per heavy atom. The molecule has 0 aliphatic heterocycles. The van der Waals surface area contributed by atoms with E-state index in [0.29, 0.717) is 22.3 Å². The smallest absolute Gasteiger partial charge is 0.0166 e. The van der Waals surface area contributed by atoms with Crippen LogP contribution in [0.25, 0.3) is 0 Å². The lowest BCUT2D eigenvalue weighted by Gasteiger charge is -2.65. The van der Waals surface area contributed by atoms with E-state index in [1.54, 1.807) is 0 Å². The molecule has 2 nitrogen and oxygen atoms in total. The fourth-order valence-corrected chi connectivity index (χ4v) is 6.88. The van der Waals surface area contributed by atoms with Gasteiger partial charge in [0.25, 0.3) is 0 Å². The van der Waals surface area contributed by atoms with Crippen LogP contribution in [0.1, 0.15) is 59.3 Å². The van der Waals surface area contributed by atoms with Crippen LogP contribution in [-0.4, -0.2) is 38.1 Å². The summed E-state index contributed by atoms with van der Waals surface area (Å²) in [6.07, 6.45) is 8.97. The average Bonchev–Trinajstić information content (AvgIpc) is 2.20. The van der Waals surface area contributed by atoms with Crippen LogP contribution in [0.15, 0.2) is 0 Å². The Morgan fingerprint density at radius 1 is 1.05 bits per heavy atom. The van der Waals surface area contributed by atoms with Crippen molar-refractivity contribution >= 4 is 0 Å². The SMILES string of the molecule is CC(CN(C)C)NCC12CC3CC(C)(CC(C)(C3)C1)C2. The van der Waals surface area contributed by atoms with Gasteiger partial charge in [0.05, 0.1) is 0 Å². The van der Waals surface area contributed by atoms with Crippen molar-refractivity contribution in [3.63, 3.8) is 0 Å². The van der Waals surface area contributed by atoms with Gasteiger partial charge in [0.1, 0.15) is 0 Å². The predicted molar refractivity (Wildman–Crippen MR) is 85.9 cm³/mol. The standard InChI is InChI=1S/C18H34N2/c1-14(9-20(4)5)19-13-18-8-15-6-16(2,11-18)10-17(3,7-15)12-18/h14-15,19H,6-13H2,1-5H3. The molecule has 4 fully saturated rings. The van der Waals surface area contributed by atoms with Crippen LogP contribution in [0, 0.1) is 22.2 Å². The van der Waals surface area contributed by atoms with Crippen molar-refractivity contribution in [1.29, 1.82) is 0 Å². The number of nitrogens with one attached hydrogen (secondary N) is 1. The maximum Gasteiger partial charge on any atom is 0.0166 e. The van der Waals surface area contributed by atoms with Gasteiger partial charge in [-0.25, -0.2) is 0 Å². The van der Waals surface area contributed by atoms with Crippen molar-refractivity contribution in [1.82, 2.24) is 10.2 Å². The summed E-state index contributed by atoms with van der Waals surface area (Å²) in [6.45, 7) is 9.89. The third-order valence-electron chi connectivity index (χ3n) is 6.21. The molecule has 0 aromatic carbocycles. The molecule has 4 aliphatic rings. The first-order valence-corrected chi connectivity index (χ1v) is 8.60. The number of rotatable bonds is 5.